The molecule has 13 heavy (non-hydrogen) atoms. The maximum Gasteiger partial charge on any atom is 0.0984 e. The SMILES string of the molecule is Cn1nccc1C(O)C1CCCC1. The topological polar surface area (TPSA) is 38.0 Å². The second-order valence-electron chi connectivity index (χ2n) is 3.87. The van der Waals surface area contributed by atoms with E-state index >= 15 is 0 Å². The van der Waals surface area contributed by atoms with Gasteiger partial charge < -0.3 is 5.11 Å². The molecule has 72 valence electrons. The first-order valence-corrected chi connectivity index (χ1v) is 4.95. The molecule has 1 atom stereocenters. The van der Waals surface area contributed by atoms with Crippen molar-refractivity contribution >= 4 is 0 Å². The lowest BCUT2D eigenvalue weighted by molar-refractivity contribution is 0.103. The summed E-state index contributed by atoms with van der Waals surface area (Å²) in [5.41, 5.74) is 0.951. The number of aromatic nitrogens is 2. The van der Waals surface area contributed by atoms with Gasteiger partial charge in [0.05, 0.1) is 11.8 Å². The summed E-state index contributed by atoms with van der Waals surface area (Å²) in [6.45, 7) is 0. The monoisotopic (exact) mass is 180 g/mol. The molecule has 1 N–H and O–H groups in total. The van der Waals surface area contributed by atoms with Crippen LogP contribution in [0.25, 0.3) is 0 Å². The highest BCUT2D eigenvalue weighted by atomic mass is 16.3. The number of hydrogen-bond acceptors (Lipinski definition) is 2. The van der Waals surface area contributed by atoms with Gasteiger partial charge >= 0.3 is 0 Å². The molecule has 0 saturated heterocycles. The Hall–Kier alpha value is -0.830. The van der Waals surface area contributed by atoms with Crippen molar-refractivity contribution < 1.29 is 5.11 Å². The quantitative estimate of drug-likeness (QED) is 0.751. The first kappa shape index (κ1) is 8.75. The van der Waals surface area contributed by atoms with Crippen LogP contribution in [-0.2, 0) is 7.05 Å². The number of aliphatic hydroxyl groups excluding tert-OH is 1. The predicted molar refractivity (Wildman–Crippen MR) is 50.1 cm³/mol. The maximum absolute atomic E-state index is 10.0. The predicted octanol–water partition coefficient (Wildman–Crippen LogP) is 1.64. The van der Waals surface area contributed by atoms with E-state index in [1.165, 1.54) is 12.8 Å². The normalized spacial score (nSPS) is 20.8. The molecule has 3 heteroatoms. The van der Waals surface area contributed by atoms with E-state index in [9.17, 15) is 5.11 Å². The van der Waals surface area contributed by atoms with E-state index in [2.05, 4.69) is 5.10 Å². The van der Waals surface area contributed by atoms with Gasteiger partial charge in [0.1, 0.15) is 0 Å². The van der Waals surface area contributed by atoms with Crippen LogP contribution in [0.1, 0.15) is 37.5 Å². The van der Waals surface area contributed by atoms with E-state index in [1.807, 2.05) is 13.1 Å². The number of hydrogen-bond donors (Lipinski definition) is 1. The minimum atomic E-state index is -0.310. The Morgan fingerprint density at radius 1 is 1.54 bits per heavy atom. The molecule has 1 heterocycles. The molecule has 1 aliphatic rings. The summed E-state index contributed by atoms with van der Waals surface area (Å²) in [5.74, 6) is 0.454. The van der Waals surface area contributed by atoms with Crippen LogP contribution in [-0.4, -0.2) is 14.9 Å². The van der Waals surface area contributed by atoms with Crippen LogP contribution < -0.4 is 0 Å². The molecule has 1 fully saturated rings. The third-order valence-electron chi connectivity index (χ3n) is 3.01. The number of rotatable bonds is 2. The van der Waals surface area contributed by atoms with Crippen molar-refractivity contribution in [1.29, 1.82) is 0 Å². The highest BCUT2D eigenvalue weighted by Gasteiger charge is 2.25. The summed E-state index contributed by atoms with van der Waals surface area (Å²) >= 11 is 0. The first-order valence-electron chi connectivity index (χ1n) is 4.95. The number of aliphatic hydroxyl groups is 1. The van der Waals surface area contributed by atoms with Gasteiger partial charge in [0, 0.05) is 13.2 Å². The average molecular weight is 180 g/mol. The minimum Gasteiger partial charge on any atom is -0.387 e. The van der Waals surface area contributed by atoms with Crippen molar-refractivity contribution in [2.45, 2.75) is 31.8 Å². The Morgan fingerprint density at radius 2 is 2.23 bits per heavy atom. The van der Waals surface area contributed by atoms with Gasteiger partial charge in [-0.2, -0.15) is 5.10 Å². The van der Waals surface area contributed by atoms with Gasteiger partial charge in [-0.1, -0.05) is 12.8 Å². The van der Waals surface area contributed by atoms with Crippen LogP contribution >= 0.6 is 0 Å². The highest BCUT2D eigenvalue weighted by Crippen LogP contribution is 2.35. The molecule has 0 aliphatic heterocycles. The van der Waals surface area contributed by atoms with Crippen LogP contribution in [0.2, 0.25) is 0 Å². The fourth-order valence-corrected chi connectivity index (χ4v) is 2.19. The van der Waals surface area contributed by atoms with Crippen molar-refractivity contribution in [3.8, 4) is 0 Å². The smallest absolute Gasteiger partial charge is 0.0984 e. The third-order valence-corrected chi connectivity index (χ3v) is 3.01. The zero-order valence-corrected chi connectivity index (χ0v) is 7.98. The minimum absolute atomic E-state index is 0.310. The Labute approximate surface area is 78.4 Å². The molecule has 0 aromatic carbocycles. The second kappa shape index (κ2) is 3.50. The molecule has 0 bridgehead atoms. The van der Waals surface area contributed by atoms with E-state index in [4.69, 9.17) is 0 Å². The van der Waals surface area contributed by atoms with Crippen LogP contribution in [0.5, 0.6) is 0 Å². The molecule has 3 nitrogen and oxygen atoms in total. The molecule has 1 aromatic rings. The summed E-state index contributed by atoms with van der Waals surface area (Å²) in [4.78, 5) is 0. The third kappa shape index (κ3) is 1.61. The molecular weight excluding hydrogens is 164 g/mol. The van der Waals surface area contributed by atoms with Crippen LogP contribution in [0.3, 0.4) is 0 Å². The van der Waals surface area contributed by atoms with Gasteiger partial charge in [-0.05, 0) is 24.8 Å². The number of aryl methyl sites for hydroxylation is 1. The van der Waals surface area contributed by atoms with Crippen molar-refractivity contribution in [3.05, 3.63) is 18.0 Å². The molecule has 0 amide bonds. The Balaban J connectivity index is 2.12. The van der Waals surface area contributed by atoms with Crippen molar-refractivity contribution in [1.82, 2.24) is 9.78 Å². The van der Waals surface area contributed by atoms with Crippen LogP contribution in [0, 0.1) is 5.92 Å². The summed E-state index contributed by atoms with van der Waals surface area (Å²) in [6, 6.07) is 1.91. The van der Waals surface area contributed by atoms with E-state index in [0.717, 1.165) is 18.5 Å². The second-order valence-corrected chi connectivity index (χ2v) is 3.87. The molecule has 1 aromatic heterocycles. The molecular formula is C10H16N2O. The largest absolute Gasteiger partial charge is 0.387 e. The van der Waals surface area contributed by atoms with Crippen molar-refractivity contribution in [2.75, 3.05) is 0 Å². The van der Waals surface area contributed by atoms with Gasteiger partial charge in [0.25, 0.3) is 0 Å². The zero-order valence-electron chi connectivity index (χ0n) is 7.98. The van der Waals surface area contributed by atoms with E-state index in [0.29, 0.717) is 5.92 Å². The lowest BCUT2D eigenvalue weighted by atomic mass is 9.98. The van der Waals surface area contributed by atoms with Gasteiger partial charge in [-0.3, -0.25) is 4.68 Å². The fourth-order valence-electron chi connectivity index (χ4n) is 2.19. The summed E-state index contributed by atoms with van der Waals surface area (Å²) in [6.07, 6.45) is 6.28. The van der Waals surface area contributed by atoms with Gasteiger partial charge in [-0.25, -0.2) is 0 Å². The zero-order chi connectivity index (χ0) is 9.26. The van der Waals surface area contributed by atoms with E-state index in [-0.39, 0.29) is 6.10 Å². The Kier molecular flexibility index (Phi) is 2.36. The Morgan fingerprint density at radius 3 is 2.77 bits per heavy atom. The fraction of sp³-hybridized carbons (Fsp3) is 0.700. The lowest BCUT2D eigenvalue weighted by Crippen LogP contribution is -2.13. The van der Waals surface area contributed by atoms with E-state index < -0.39 is 0 Å². The van der Waals surface area contributed by atoms with Crippen molar-refractivity contribution in [3.63, 3.8) is 0 Å². The average Bonchev–Trinajstić information content (AvgIpc) is 2.72. The maximum atomic E-state index is 10.0. The van der Waals surface area contributed by atoms with Gasteiger partial charge in [0.15, 0.2) is 0 Å². The Bertz CT molecular complexity index is 276. The molecule has 1 aliphatic carbocycles. The summed E-state index contributed by atoms with van der Waals surface area (Å²) in [7, 11) is 1.88. The van der Waals surface area contributed by atoms with E-state index in [1.54, 1.807) is 10.9 Å². The van der Waals surface area contributed by atoms with Gasteiger partial charge in [0.2, 0.25) is 0 Å². The molecule has 1 saturated carbocycles. The molecule has 2 rings (SSSR count). The van der Waals surface area contributed by atoms with Crippen LogP contribution in [0.15, 0.2) is 12.3 Å². The molecule has 0 radical (unpaired) electrons. The summed E-state index contributed by atoms with van der Waals surface area (Å²) in [5, 5.41) is 14.1. The highest BCUT2D eigenvalue weighted by molar-refractivity contribution is 5.05. The summed E-state index contributed by atoms with van der Waals surface area (Å²) < 4.78 is 1.77. The number of nitrogens with zero attached hydrogens (tertiary/aromatic N) is 2. The lowest BCUT2D eigenvalue weighted by Gasteiger charge is -2.17. The van der Waals surface area contributed by atoms with Gasteiger partial charge in [-0.15, -0.1) is 0 Å². The molecule has 0 spiro atoms. The first-order chi connectivity index (χ1) is 6.29. The molecule has 1 unspecified atom stereocenters. The standard InChI is InChI=1S/C10H16N2O/c1-12-9(6-7-11-12)10(13)8-4-2-3-5-8/h6-8,10,13H,2-5H2,1H3. The van der Waals surface area contributed by atoms with Crippen molar-refractivity contribution in [2.24, 2.45) is 13.0 Å². The van der Waals surface area contributed by atoms with Crippen LogP contribution in [0.4, 0.5) is 0 Å².